The quantitative estimate of drug-likeness (QED) is 0.686. The Balaban J connectivity index is 1.67. The molecule has 30 heavy (non-hydrogen) atoms. The fourth-order valence-corrected chi connectivity index (χ4v) is 5.44. The number of piperazine rings is 1. The van der Waals surface area contributed by atoms with Gasteiger partial charge in [-0.2, -0.15) is 9.57 Å². The number of carbonyl (C=O) groups excluding carboxylic acids is 1. The Morgan fingerprint density at radius 3 is 1.93 bits per heavy atom. The first kappa shape index (κ1) is 22.0. The molecule has 0 N–H and O–H groups in total. The van der Waals surface area contributed by atoms with Crippen molar-refractivity contribution in [2.24, 2.45) is 0 Å². The summed E-state index contributed by atoms with van der Waals surface area (Å²) < 4.78 is 50.7. The summed E-state index contributed by atoms with van der Waals surface area (Å²) in [5.41, 5.74) is 0.732. The number of nitriles is 1. The molecular weight excluding hydrogens is 426 g/mol. The van der Waals surface area contributed by atoms with Gasteiger partial charge >= 0.3 is 0 Å². The van der Waals surface area contributed by atoms with Crippen LogP contribution in [0.5, 0.6) is 0 Å². The Morgan fingerprint density at radius 1 is 0.900 bits per heavy atom. The number of benzene rings is 2. The highest BCUT2D eigenvalue weighted by molar-refractivity contribution is 7.91. The van der Waals surface area contributed by atoms with Gasteiger partial charge in [0.2, 0.25) is 10.0 Å². The van der Waals surface area contributed by atoms with E-state index in [2.05, 4.69) is 0 Å². The van der Waals surface area contributed by atoms with Crippen molar-refractivity contribution in [1.29, 1.82) is 5.26 Å². The van der Waals surface area contributed by atoms with Gasteiger partial charge in [0.25, 0.3) is 5.91 Å². The van der Waals surface area contributed by atoms with Crippen LogP contribution >= 0.6 is 0 Å². The predicted octanol–water partition coefficient (Wildman–Crippen LogP) is 1.50. The summed E-state index contributed by atoms with van der Waals surface area (Å²) in [7, 11) is -7.04. The van der Waals surface area contributed by atoms with Crippen LogP contribution in [-0.4, -0.2) is 63.9 Å². The van der Waals surface area contributed by atoms with Crippen LogP contribution in [0, 0.1) is 11.3 Å². The Kier molecular flexibility index (Phi) is 6.26. The SMILES string of the molecule is CCS(=O)(=O)c1ccc(C(=O)N2CCN(S(=O)(=O)c3ccc(C#N)cc3)CC2)cc1. The van der Waals surface area contributed by atoms with Gasteiger partial charge in [-0.25, -0.2) is 16.8 Å². The van der Waals surface area contributed by atoms with Gasteiger partial charge in [0, 0.05) is 31.7 Å². The molecule has 0 atom stereocenters. The van der Waals surface area contributed by atoms with Gasteiger partial charge in [-0.1, -0.05) is 6.92 Å². The smallest absolute Gasteiger partial charge is 0.253 e. The van der Waals surface area contributed by atoms with E-state index in [1.54, 1.807) is 11.8 Å². The predicted molar refractivity (Wildman–Crippen MR) is 110 cm³/mol. The van der Waals surface area contributed by atoms with Gasteiger partial charge in [0.1, 0.15) is 0 Å². The van der Waals surface area contributed by atoms with Crippen molar-refractivity contribution in [2.45, 2.75) is 16.7 Å². The van der Waals surface area contributed by atoms with Gasteiger partial charge in [-0.05, 0) is 48.5 Å². The van der Waals surface area contributed by atoms with Crippen LogP contribution < -0.4 is 0 Å². The minimum Gasteiger partial charge on any atom is -0.336 e. The van der Waals surface area contributed by atoms with Crippen molar-refractivity contribution in [3.8, 4) is 6.07 Å². The highest BCUT2D eigenvalue weighted by Gasteiger charge is 2.30. The molecule has 0 unspecified atom stereocenters. The summed E-state index contributed by atoms with van der Waals surface area (Å²) in [5, 5.41) is 8.85. The minimum absolute atomic E-state index is 0.0179. The molecular formula is C20H21N3O5S2. The van der Waals surface area contributed by atoms with Crippen LogP contribution in [0.3, 0.4) is 0 Å². The number of hydrogen-bond acceptors (Lipinski definition) is 6. The number of carbonyl (C=O) groups is 1. The van der Waals surface area contributed by atoms with Crippen molar-refractivity contribution in [1.82, 2.24) is 9.21 Å². The summed E-state index contributed by atoms with van der Waals surface area (Å²) >= 11 is 0. The molecule has 1 saturated heterocycles. The van der Waals surface area contributed by atoms with E-state index in [1.165, 1.54) is 52.8 Å². The number of nitrogens with zero attached hydrogens (tertiary/aromatic N) is 3. The molecule has 1 heterocycles. The van der Waals surface area contributed by atoms with E-state index in [-0.39, 0.29) is 47.6 Å². The average molecular weight is 448 g/mol. The standard InChI is InChI=1S/C20H21N3O5S2/c1-2-29(25,26)18-9-5-17(6-10-18)20(24)22-11-13-23(14-12-22)30(27,28)19-7-3-16(15-21)4-8-19/h3-10H,2,11-14H2,1H3. The lowest BCUT2D eigenvalue weighted by atomic mass is 10.2. The molecule has 1 fully saturated rings. The Bertz CT molecular complexity index is 1170. The average Bonchev–Trinajstić information content (AvgIpc) is 2.78. The van der Waals surface area contributed by atoms with Crippen LogP contribution in [0.1, 0.15) is 22.8 Å². The van der Waals surface area contributed by atoms with Gasteiger partial charge < -0.3 is 4.90 Å². The summed E-state index contributed by atoms with van der Waals surface area (Å²) in [6.45, 7) is 2.30. The van der Waals surface area contributed by atoms with E-state index >= 15 is 0 Å². The third-order valence-corrected chi connectivity index (χ3v) is 8.65. The molecule has 0 saturated carbocycles. The molecule has 0 bridgehead atoms. The van der Waals surface area contributed by atoms with Crippen LogP contribution in [0.15, 0.2) is 58.3 Å². The maximum atomic E-state index is 12.8. The third kappa shape index (κ3) is 4.38. The lowest BCUT2D eigenvalue weighted by molar-refractivity contribution is 0.0698. The second-order valence-electron chi connectivity index (χ2n) is 6.76. The molecule has 0 spiro atoms. The number of hydrogen-bond donors (Lipinski definition) is 0. The molecule has 1 amide bonds. The van der Waals surface area contributed by atoms with E-state index in [0.717, 1.165) is 0 Å². The zero-order valence-electron chi connectivity index (χ0n) is 16.4. The minimum atomic E-state index is -3.71. The van der Waals surface area contributed by atoms with Gasteiger partial charge in [0.15, 0.2) is 9.84 Å². The zero-order valence-corrected chi connectivity index (χ0v) is 18.0. The summed E-state index contributed by atoms with van der Waals surface area (Å²) in [6, 6.07) is 13.4. The summed E-state index contributed by atoms with van der Waals surface area (Å²) in [5.74, 6) is -0.290. The molecule has 10 heteroatoms. The largest absolute Gasteiger partial charge is 0.336 e. The van der Waals surface area contributed by atoms with Gasteiger partial charge in [-0.15, -0.1) is 0 Å². The maximum Gasteiger partial charge on any atom is 0.253 e. The second-order valence-corrected chi connectivity index (χ2v) is 11.0. The first-order valence-electron chi connectivity index (χ1n) is 9.31. The highest BCUT2D eigenvalue weighted by atomic mass is 32.2. The Labute approximate surface area is 176 Å². The van der Waals surface area contributed by atoms with Crippen molar-refractivity contribution in [3.05, 3.63) is 59.7 Å². The number of sulfonamides is 1. The molecule has 8 nitrogen and oxygen atoms in total. The van der Waals surface area contributed by atoms with Crippen molar-refractivity contribution in [2.75, 3.05) is 31.9 Å². The van der Waals surface area contributed by atoms with E-state index in [9.17, 15) is 21.6 Å². The van der Waals surface area contributed by atoms with Crippen molar-refractivity contribution >= 4 is 25.8 Å². The first-order chi connectivity index (χ1) is 14.2. The van der Waals surface area contributed by atoms with Crippen LogP contribution in [0.25, 0.3) is 0 Å². The summed E-state index contributed by atoms with van der Waals surface area (Å²) in [4.78, 5) is 14.5. The van der Waals surface area contributed by atoms with E-state index in [4.69, 9.17) is 5.26 Å². The molecule has 1 aliphatic rings. The van der Waals surface area contributed by atoms with E-state index in [0.29, 0.717) is 11.1 Å². The molecule has 0 radical (unpaired) electrons. The fourth-order valence-electron chi connectivity index (χ4n) is 3.14. The topological polar surface area (TPSA) is 116 Å². The molecule has 2 aromatic carbocycles. The fraction of sp³-hybridized carbons (Fsp3) is 0.300. The maximum absolute atomic E-state index is 12.8. The van der Waals surface area contributed by atoms with Crippen LogP contribution in [0.4, 0.5) is 0 Å². The first-order valence-corrected chi connectivity index (χ1v) is 12.4. The lowest BCUT2D eigenvalue weighted by Crippen LogP contribution is -2.50. The molecule has 3 rings (SSSR count). The van der Waals surface area contributed by atoms with Crippen LogP contribution in [-0.2, 0) is 19.9 Å². The van der Waals surface area contributed by atoms with Crippen LogP contribution in [0.2, 0.25) is 0 Å². The van der Waals surface area contributed by atoms with Crippen molar-refractivity contribution < 1.29 is 21.6 Å². The Hall–Kier alpha value is -2.74. The summed E-state index contributed by atoms with van der Waals surface area (Å²) in [6.07, 6.45) is 0. The molecule has 158 valence electrons. The monoisotopic (exact) mass is 447 g/mol. The zero-order chi connectivity index (χ0) is 21.9. The third-order valence-electron chi connectivity index (χ3n) is 4.99. The molecule has 1 aliphatic heterocycles. The van der Waals surface area contributed by atoms with E-state index in [1.807, 2.05) is 6.07 Å². The van der Waals surface area contributed by atoms with Gasteiger partial charge in [-0.3, -0.25) is 4.79 Å². The normalized spacial score (nSPS) is 15.5. The van der Waals surface area contributed by atoms with E-state index < -0.39 is 19.9 Å². The molecule has 2 aromatic rings. The second kappa shape index (κ2) is 8.55. The molecule has 0 aliphatic carbocycles. The Morgan fingerprint density at radius 2 is 1.43 bits per heavy atom. The number of sulfone groups is 1. The lowest BCUT2D eigenvalue weighted by Gasteiger charge is -2.34. The number of rotatable bonds is 5. The number of amides is 1. The van der Waals surface area contributed by atoms with Gasteiger partial charge in [0.05, 0.1) is 27.2 Å². The molecule has 0 aromatic heterocycles. The van der Waals surface area contributed by atoms with Crippen molar-refractivity contribution in [3.63, 3.8) is 0 Å². The highest BCUT2D eigenvalue weighted by Crippen LogP contribution is 2.20.